The Kier molecular flexibility index (Phi) is 6.67. The van der Waals surface area contributed by atoms with E-state index in [9.17, 15) is 9.59 Å². The molecule has 0 unspecified atom stereocenters. The lowest BCUT2D eigenvalue weighted by molar-refractivity contribution is -0.139. The summed E-state index contributed by atoms with van der Waals surface area (Å²) < 4.78 is 0. The molecule has 0 atom stereocenters. The van der Waals surface area contributed by atoms with E-state index in [-0.39, 0.29) is 12.5 Å². The number of carboxylic acid groups (broad SMARTS) is 1. The number of rotatable bonds is 7. The minimum atomic E-state index is -0.791. The average Bonchev–Trinajstić information content (AvgIpc) is 2.31. The summed E-state index contributed by atoms with van der Waals surface area (Å²) in [6.45, 7) is 6.30. The summed E-state index contributed by atoms with van der Waals surface area (Å²) in [6, 6.07) is 0. The maximum Gasteiger partial charge on any atom is 0.317 e. The van der Waals surface area contributed by atoms with Crippen molar-refractivity contribution in [2.75, 3.05) is 45.8 Å². The molecule has 1 rings (SSSR count). The topological polar surface area (TPSA) is 72.9 Å². The van der Waals surface area contributed by atoms with Gasteiger partial charge in [-0.05, 0) is 6.42 Å². The molecule has 1 heterocycles. The Hall–Kier alpha value is -1.14. The van der Waals surface area contributed by atoms with Crippen LogP contribution in [0.15, 0.2) is 0 Å². The molecule has 0 radical (unpaired) electrons. The van der Waals surface area contributed by atoms with Crippen molar-refractivity contribution >= 4 is 11.9 Å². The number of hydrogen-bond acceptors (Lipinski definition) is 4. The number of nitrogens with zero attached hydrogens (tertiary/aromatic N) is 2. The van der Waals surface area contributed by atoms with Gasteiger partial charge in [0.05, 0.1) is 13.1 Å². The first-order valence-electron chi connectivity index (χ1n) is 6.55. The highest BCUT2D eigenvalue weighted by atomic mass is 16.4. The molecule has 0 aromatic carbocycles. The van der Waals surface area contributed by atoms with E-state index in [2.05, 4.69) is 17.1 Å². The lowest BCUT2D eigenvalue weighted by Gasteiger charge is -2.33. The molecule has 1 fully saturated rings. The minimum absolute atomic E-state index is 0.0649. The first-order chi connectivity index (χ1) is 8.61. The van der Waals surface area contributed by atoms with Crippen LogP contribution < -0.4 is 5.32 Å². The Labute approximate surface area is 108 Å². The summed E-state index contributed by atoms with van der Waals surface area (Å²) in [6.07, 6.45) is 2.09. The molecule has 1 amide bonds. The number of piperazine rings is 1. The molecule has 1 aliphatic heterocycles. The summed E-state index contributed by atoms with van der Waals surface area (Å²) in [5.41, 5.74) is 0. The lowest BCUT2D eigenvalue weighted by Crippen LogP contribution is -2.50. The van der Waals surface area contributed by atoms with Crippen LogP contribution in [-0.2, 0) is 9.59 Å². The molecule has 0 aliphatic carbocycles. The number of hydrogen-bond donors (Lipinski definition) is 2. The van der Waals surface area contributed by atoms with Crippen LogP contribution in [0.1, 0.15) is 19.8 Å². The largest absolute Gasteiger partial charge is 0.480 e. The van der Waals surface area contributed by atoms with Gasteiger partial charge in [-0.3, -0.25) is 19.4 Å². The van der Waals surface area contributed by atoms with Crippen molar-refractivity contribution in [2.24, 2.45) is 0 Å². The second-order valence-electron chi connectivity index (χ2n) is 4.65. The molecule has 0 bridgehead atoms. The van der Waals surface area contributed by atoms with Crippen molar-refractivity contribution in [1.29, 1.82) is 0 Å². The van der Waals surface area contributed by atoms with Crippen molar-refractivity contribution < 1.29 is 14.7 Å². The number of carbonyl (C=O) groups excluding carboxylic acids is 1. The molecule has 104 valence electrons. The van der Waals surface area contributed by atoms with Crippen molar-refractivity contribution in [3.05, 3.63) is 0 Å². The van der Waals surface area contributed by atoms with Crippen LogP contribution in [0.25, 0.3) is 0 Å². The first kappa shape index (κ1) is 14.9. The van der Waals surface area contributed by atoms with E-state index in [1.54, 1.807) is 0 Å². The van der Waals surface area contributed by atoms with Crippen LogP contribution in [0.4, 0.5) is 0 Å². The van der Waals surface area contributed by atoms with Gasteiger partial charge < -0.3 is 10.4 Å². The molecule has 0 spiro atoms. The summed E-state index contributed by atoms with van der Waals surface area (Å²) in [5.74, 6) is -0.726. The average molecular weight is 257 g/mol. The van der Waals surface area contributed by atoms with E-state index < -0.39 is 5.97 Å². The van der Waals surface area contributed by atoms with Gasteiger partial charge in [-0.2, -0.15) is 0 Å². The van der Waals surface area contributed by atoms with Crippen LogP contribution in [0.3, 0.4) is 0 Å². The maximum absolute atomic E-state index is 11.6. The van der Waals surface area contributed by atoms with Crippen LogP contribution in [0.5, 0.6) is 0 Å². The molecular weight excluding hydrogens is 234 g/mol. The van der Waals surface area contributed by atoms with Gasteiger partial charge in [-0.1, -0.05) is 13.3 Å². The molecule has 0 aromatic heterocycles. The SMILES string of the molecule is CCCCNC(=O)CN1CCN(CC(=O)O)CC1. The molecular formula is C12H23N3O3. The van der Waals surface area contributed by atoms with Crippen LogP contribution in [0, 0.1) is 0 Å². The van der Waals surface area contributed by atoms with E-state index in [1.165, 1.54) is 0 Å². The number of nitrogens with one attached hydrogen (secondary N) is 1. The summed E-state index contributed by atoms with van der Waals surface area (Å²) in [4.78, 5) is 26.1. The summed E-state index contributed by atoms with van der Waals surface area (Å²) >= 11 is 0. The molecule has 0 aromatic rings. The third kappa shape index (κ3) is 5.97. The highest BCUT2D eigenvalue weighted by Gasteiger charge is 2.19. The molecule has 1 saturated heterocycles. The standard InChI is InChI=1S/C12H23N3O3/c1-2-3-4-13-11(16)9-14-5-7-15(8-6-14)10-12(17)18/h2-10H2,1H3,(H,13,16)(H,17,18). The Bertz CT molecular complexity index is 276. The van der Waals surface area contributed by atoms with Gasteiger partial charge in [0, 0.05) is 32.7 Å². The van der Waals surface area contributed by atoms with Crippen molar-refractivity contribution in [3.63, 3.8) is 0 Å². The molecule has 2 N–H and O–H groups in total. The van der Waals surface area contributed by atoms with E-state index >= 15 is 0 Å². The van der Waals surface area contributed by atoms with Crippen LogP contribution in [0.2, 0.25) is 0 Å². The van der Waals surface area contributed by atoms with Gasteiger partial charge in [0.2, 0.25) is 5.91 Å². The number of unbranched alkanes of at least 4 members (excludes halogenated alkanes) is 1. The Balaban J connectivity index is 2.14. The van der Waals surface area contributed by atoms with Gasteiger partial charge >= 0.3 is 5.97 Å². The van der Waals surface area contributed by atoms with E-state index in [0.717, 1.165) is 32.5 Å². The molecule has 1 aliphatic rings. The van der Waals surface area contributed by atoms with Gasteiger partial charge in [0.15, 0.2) is 0 Å². The third-order valence-corrected chi connectivity index (χ3v) is 3.04. The molecule has 6 heteroatoms. The monoisotopic (exact) mass is 257 g/mol. The zero-order chi connectivity index (χ0) is 13.4. The minimum Gasteiger partial charge on any atom is -0.480 e. The second-order valence-corrected chi connectivity index (χ2v) is 4.65. The quantitative estimate of drug-likeness (QED) is 0.607. The molecule has 18 heavy (non-hydrogen) atoms. The van der Waals surface area contributed by atoms with E-state index in [4.69, 9.17) is 5.11 Å². The fourth-order valence-corrected chi connectivity index (χ4v) is 1.96. The first-order valence-corrected chi connectivity index (χ1v) is 6.55. The highest BCUT2D eigenvalue weighted by Crippen LogP contribution is 2.00. The predicted octanol–water partition coefficient (Wildman–Crippen LogP) is -0.395. The Morgan fingerprint density at radius 1 is 1.11 bits per heavy atom. The van der Waals surface area contributed by atoms with Crippen molar-refractivity contribution in [3.8, 4) is 0 Å². The normalized spacial score (nSPS) is 17.6. The fraction of sp³-hybridized carbons (Fsp3) is 0.833. The number of carbonyl (C=O) groups is 2. The van der Waals surface area contributed by atoms with Crippen molar-refractivity contribution in [2.45, 2.75) is 19.8 Å². The molecule has 0 saturated carbocycles. The summed E-state index contributed by atoms with van der Waals surface area (Å²) in [7, 11) is 0. The molecule has 6 nitrogen and oxygen atoms in total. The van der Waals surface area contributed by atoms with E-state index in [0.29, 0.717) is 19.6 Å². The van der Waals surface area contributed by atoms with Crippen LogP contribution >= 0.6 is 0 Å². The fourth-order valence-electron chi connectivity index (χ4n) is 1.96. The predicted molar refractivity (Wildman–Crippen MR) is 68.4 cm³/mol. The number of aliphatic carboxylic acids is 1. The van der Waals surface area contributed by atoms with Crippen molar-refractivity contribution in [1.82, 2.24) is 15.1 Å². The summed E-state index contributed by atoms with van der Waals surface area (Å²) in [5, 5.41) is 11.6. The lowest BCUT2D eigenvalue weighted by atomic mass is 10.3. The van der Waals surface area contributed by atoms with E-state index in [1.807, 2.05) is 4.90 Å². The van der Waals surface area contributed by atoms with Gasteiger partial charge in [0.1, 0.15) is 0 Å². The van der Waals surface area contributed by atoms with Gasteiger partial charge in [-0.15, -0.1) is 0 Å². The zero-order valence-electron chi connectivity index (χ0n) is 11.0. The Morgan fingerprint density at radius 2 is 1.67 bits per heavy atom. The van der Waals surface area contributed by atoms with Crippen LogP contribution in [-0.4, -0.2) is 72.6 Å². The zero-order valence-corrected chi connectivity index (χ0v) is 11.0. The smallest absolute Gasteiger partial charge is 0.317 e. The number of amides is 1. The van der Waals surface area contributed by atoms with Gasteiger partial charge in [-0.25, -0.2) is 0 Å². The van der Waals surface area contributed by atoms with Gasteiger partial charge in [0.25, 0.3) is 0 Å². The number of carboxylic acids is 1. The maximum atomic E-state index is 11.6. The second kappa shape index (κ2) is 8.05. The third-order valence-electron chi connectivity index (χ3n) is 3.04. The highest BCUT2D eigenvalue weighted by molar-refractivity contribution is 5.78. The Morgan fingerprint density at radius 3 is 2.17 bits per heavy atom.